The molecule has 2 N–H and O–H groups in total. The molecule has 6 heteroatoms. The molecule has 0 aliphatic heterocycles. The summed E-state index contributed by atoms with van der Waals surface area (Å²) in [5.41, 5.74) is 2.45. The van der Waals surface area contributed by atoms with Crippen molar-refractivity contribution in [1.82, 2.24) is 15.3 Å². The van der Waals surface area contributed by atoms with Gasteiger partial charge in [-0.1, -0.05) is 32.9 Å². The number of imidazole rings is 1. The molecular weight excluding hydrogens is 354 g/mol. The van der Waals surface area contributed by atoms with Crippen LogP contribution in [0.1, 0.15) is 49.4 Å². The molecule has 1 unspecified atom stereocenters. The predicted molar refractivity (Wildman–Crippen MR) is 108 cm³/mol. The number of hydrogen-bond donors (Lipinski definition) is 2. The number of carbonyl (C=O) groups is 2. The molecule has 28 heavy (non-hydrogen) atoms. The Morgan fingerprint density at radius 3 is 2.46 bits per heavy atom. The van der Waals surface area contributed by atoms with Gasteiger partial charge in [0, 0.05) is 12.0 Å². The average Bonchev–Trinajstić information content (AvgIpc) is 3.13. The van der Waals surface area contributed by atoms with Gasteiger partial charge in [-0.25, -0.2) is 4.98 Å². The van der Waals surface area contributed by atoms with E-state index in [1.54, 1.807) is 24.3 Å². The van der Waals surface area contributed by atoms with Crippen LogP contribution in [-0.4, -0.2) is 28.3 Å². The van der Waals surface area contributed by atoms with E-state index in [2.05, 4.69) is 15.3 Å². The summed E-state index contributed by atoms with van der Waals surface area (Å²) in [6.45, 7) is 5.78. The van der Waals surface area contributed by atoms with Gasteiger partial charge in [0.15, 0.2) is 12.4 Å². The van der Waals surface area contributed by atoms with E-state index in [-0.39, 0.29) is 30.3 Å². The van der Waals surface area contributed by atoms with E-state index in [0.717, 1.165) is 16.9 Å². The van der Waals surface area contributed by atoms with Gasteiger partial charge < -0.3 is 15.0 Å². The van der Waals surface area contributed by atoms with Crippen LogP contribution >= 0.6 is 0 Å². The molecule has 0 spiro atoms. The highest BCUT2D eigenvalue weighted by Crippen LogP contribution is 2.22. The number of carbonyl (C=O) groups excluding carboxylic acids is 2. The molecule has 1 aromatic heterocycles. The summed E-state index contributed by atoms with van der Waals surface area (Å²) in [5.74, 6) is 1.28. The fraction of sp³-hybridized carbons (Fsp3) is 0.318. The van der Waals surface area contributed by atoms with Crippen LogP contribution in [0.3, 0.4) is 0 Å². The van der Waals surface area contributed by atoms with Crippen molar-refractivity contribution in [1.29, 1.82) is 0 Å². The normalized spacial score (nSPS) is 12.1. The van der Waals surface area contributed by atoms with Gasteiger partial charge in [0.2, 0.25) is 0 Å². The van der Waals surface area contributed by atoms with Crippen molar-refractivity contribution in [3.8, 4) is 5.75 Å². The minimum absolute atomic E-state index is 0.0786. The standard InChI is InChI=1S/C22H25N3O3/c1-4-19(26)15-9-11-16(12-10-15)28-13-20(27)25-21(14(2)3)22-23-17-7-5-6-8-18(17)24-22/h5-12,14,21H,4,13H2,1-3H3,(H,23,24)(H,25,27). The lowest BCUT2D eigenvalue weighted by atomic mass is 10.0. The number of H-pyrrole nitrogens is 1. The summed E-state index contributed by atoms with van der Waals surface area (Å²) in [6.07, 6.45) is 0.459. The second-order valence-corrected chi connectivity index (χ2v) is 7.02. The van der Waals surface area contributed by atoms with Crippen molar-refractivity contribution in [2.75, 3.05) is 6.61 Å². The first kappa shape index (κ1) is 19.6. The van der Waals surface area contributed by atoms with E-state index in [0.29, 0.717) is 17.7 Å². The van der Waals surface area contributed by atoms with Crippen LogP contribution in [-0.2, 0) is 4.79 Å². The molecule has 0 saturated carbocycles. The van der Waals surface area contributed by atoms with E-state index in [4.69, 9.17) is 4.74 Å². The Bertz CT molecular complexity index is 928. The second-order valence-electron chi connectivity index (χ2n) is 7.02. The van der Waals surface area contributed by atoms with Gasteiger partial charge in [-0.15, -0.1) is 0 Å². The number of aromatic nitrogens is 2. The number of para-hydroxylation sites is 2. The number of nitrogens with one attached hydrogen (secondary N) is 2. The Hall–Kier alpha value is -3.15. The number of rotatable bonds is 8. The molecule has 3 aromatic rings. The molecular formula is C22H25N3O3. The maximum atomic E-state index is 12.4. The lowest BCUT2D eigenvalue weighted by Gasteiger charge is -2.20. The van der Waals surface area contributed by atoms with Gasteiger partial charge in [0.05, 0.1) is 17.1 Å². The summed E-state index contributed by atoms with van der Waals surface area (Å²) in [7, 11) is 0. The Kier molecular flexibility index (Phi) is 6.09. The van der Waals surface area contributed by atoms with Crippen molar-refractivity contribution in [2.24, 2.45) is 5.92 Å². The zero-order chi connectivity index (χ0) is 20.1. The summed E-state index contributed by atoms with van der Waals surface area (Å²) < 4.78 is 5.56. The SMILES string of the molecule is CCC(=O)c1ccc(OCC(=O)NC(c2nc3ccccc3[nH]2)C(C)C)cc1. The fourth-order valence-electron chi connectivity index (χ4n) is 2.98. The molecule has 0 bridgehead atoms. The highest BCUT2D eigenvalue weighted by Gasteiger charge is 2.22. The summed E-state index contributed by atoms with van der Waals surface area (Å²) in [5, 5.41) is 2.99. The average molecular weight is 379 g/mol. The lowest BCUT2D eigenvalue weighted by Crippen LogP contribution is -2.35. The molecule has 0 aliphatic carbocycles. The first-order valence-corrected chi connectivity index (χ1v) is 9.48. The minimum Gasteiger partial charge on any atom is -0.484 e. The van der Waals surface area contributed by atoms with E-state index < -0.39 is 0 Å². The largest absolute Gasteiger partial charge is 0.484 e. The van der Waals surface area contributed by atoms with E-state index in [1.165, 1.54) is 0 Å². The summed E-state index contributed by atoms with van der Waals surface area (Å²) in [6, 6.07) is 14.4. The topological polar surface area (TPSA) is 84.1 Å². The Balaban J connectivity index is 1.62. The number of nitrogens with zero attached hydrogens (tertiary/aromatic N) is 1. The van der Waals surface area contributed by atoms with E-state index in [9.17, 15) is 9.59 Å². The number of Topliss-reactive ketones (excluding diaryl/α,β-unsaturated/α-hetero) is 1. The molecule has 0 saturated heterocycles. The van der Waals surface area contributed by atoms with Crippen LogP contribution in [0.5, 0.6) is 5.75 Å². The molecule has 3 rings (SSSR count). The number of fused-ring (bicyclic) bond motifs is 1. The Labute approximate surface area is 164 Å². The number of aromatic amines is 1. The third-order valence-electron chi connectivity index (χ3n) is 4.55. The van der Waals surface area contributed by atoms with Crippen molar-refractivity contribution in [3.63, 3.8) is 0 Å². The molecule has 1 atom stereocenters. The Morgan fingerprint density at radius 2 is 1.82 bits per heavy atom. The quantitative estimate of drug-likeness (QED) is 0.578. The van der Waals surface area contributed by atoms with Crippen LogP contribution in [0.2, 0.25) is 0 Å². The minimum atomic E-state index is -0.243. The van der Waals surface area contributed by atoms with Crippen LogP contribution in [0.25, 0.3) is 11.0 Å². The van der Waals surface area contributed by atoms with Crippen LogP contribution < -0.4 is 10.1 Å². The van der Waals surface area contributed by atoms with Crippen LogP contribution in [0.4, 0.5) is 0 Å². The van der Waals surface area contributed by atoms with Crippen molar-refractivity contribution >= 4 is 22.7 Å². The maximum Gasteiger partial charge on any atom is 0.258 e. The third-order valence-corrected chi connectivity index (χ3v) is 4.55. The van der Waals surface area contributed by atoms with Crippen molar-refractivity contribution in [3.05, 3.63) is 59.9 Å². The van der Waals surface area contributed by atoms with Crippen LogP contribution in [0.15, 0.2) is 48.5 Å². The van der Waals surface area contributed by atoms with Gasteiger partial charge in [-0.2, -0.15) is 0 Å². The number of amides is 1. The molecule has 1 heterocycles. The monoisotopic (exact) mass is 379 g/mol. The van der Waals surface area contributed by atoms with Gasteiger partial charge in [-0.05, 0) is 42.3 Å². The summed E-state index contributed by atoms with van der Waals surface area (Å²) >= 11 is 0. The number of hydrogen-bond acceptors (Lipinski definition) is 4. The first-order valence-electron chi connectivity index (χ1n) is 9.48. The van der Waals surface area contributed by atoms with Crippen molar-refractivity contribution < 1.29 is 14.3 Å². The third kappa shape index (κ3) is 4.57. The predicted octanol–water partition coefficient (Wildman–Crippen LogP) is 4.05. The molecule has 0 aliphatic rings. The van der Waals surface area contributed by atoms with Crippen molar-refractivity contribution in [2.45, 2.75) is 33.2 Å². The molecule has 6 nitrogen and oxygen atoms in total. The zero-order valence-corrected chi connectivity index (χ0v) is 16.4. The van der Waals surface area contributed by atoms with Gasteiger partial charge in [0.1, 0.15) is 11.6 Å². The lowest BCUT2D eigenvalue weighted by molar-refractivity contribution is -0.124. The number of ketones is 1. The number of benzene rings is 2. The maximum absolute atomic E-state index is 12.4. The summed E-state index contributed by atoms with van der Waals surface area (Å²) in [4.78, 5) is 31.9. The van der Waals surface area contributed by atoms with E-state index >= 15 is 0 Å². The Morgan fingerprint density at radius 1 is 1.11 bits per heavy atom. The highest BCUT2D eigenvalue weighted by atomic mass is 16.5. The fourth-order valence-corrected chi connectivity index (χ4v) is 2.98. The molecule has 146 valence electrons. The van der Waals surface area contributed by atoms with Gasteiger partial charge >= 0.3 is 0 Å². The molecule has 0 fully saturated rings. The number of ether oxygens (including phenoxy) is 1. The first-order chi connectivity index (χ1) is 13.5. The smallest absolute Gasteiger partial charge is 0.258 e. The van der Waals surface area contributed by atoms with Gasteiger partial charge in [0.25, 0.3) is 5.91 Å². The second kappa shape index (κ2) is 8.69. The molecule has 1 amide bonds. The highest BCUT2D eigenvalue weighted by molar-refractivity contribution is 5.95. The van der Waals surface area contributed by atoms with Crippen LogP contribution in [0, 0.1) is 5.92 Å². The molecule has 0 radical (unpaired) electrons. The zero-order valence-electron chi connectivity index (χ0n) is 16.4. The van der Waals surface area contributed by atoms with E-state index in [1.807, 2.05) is 45.0 Å². The molecule has 2 aromatic carbocycles. The van der Waals surface area contributed by atoms with Gasteiger partial charge in [-0.3, -0.25) is 9.59 Å².